The molecule has 1 fully saturated rings. The molecule has 0 bridgehead atoms. The summed E-state index contributed by atoms with van der Waals surface area (Å²) >= 11 is 1.23. The summed E-state index contributed by atoms with van der Waals surface area (Å²) in [7, 11) is 0. The second kappa shape index (κ2) is 9.43. The molecule has 176 valence electrons. The molecule has 7 nitrogen and oxygen atoms in total. The molecule has 3 aromatic rings. The zero-order valence-electron chi connectivity index (χ0n) is 17.7. The van der Waals surface area contributed by atoms with Crippen molar-refractivity contribution in [3.8, 4) is 11.3 Å². The number of hydrogen-bond donors (Lipinski definition) is 3. The molecule has 11 heteroatoms. The minimum atomic E-state index is -1.60. The molecule has 33 heavy (non-hydrogen) atoms. The topological polar surface area (TPSA) is 101 Å². The first-order valence-corrected chi connectivity index (χ1v) is 11.0. The van der Waals surface area contributed by atoms with E-state index >= 15 is 0 Å². The Balaban J connectivity index is 1.63. The minimum absolute atomic E-state index is 0.0117. The fourth-order valence-electron chi connectivity index (χ4n) is 3.66. The molecule has 3 unspecified atom stereocenters. The number of aromatic nitrogens is 3. The summed E-state index contributed by atoms with van der Waals surface area (Å²) in [6.07, 6.45) is -2.36. The third kappa shape index (κ3) is 4.64. The minimum Gasteiger partial charge on any atom is -0.394 e. The Labute approximate surface area is 191 Å². The van der Waals surface area contributed by atoms with Crippen LogP contribution in [-0.4, -0.2) is 60.7 Å². The lowest BCUT2D eigenvalue weighted by Crippen LogP contribution is -2.55. The van der Waals surface area contributed by atoms with Crippen LogP contribution in [0.5, 0.6) is 0 Å². The molecule has 1 aliphatic heterocycles. The monoisotopic (exact) mass is 481 g/mol. The van der Waals surface area contributed by atoms with E-state index in [0.29, 0.717) is 0 Å². The highest BCUT2D eigenvalue weighted by atomic mass is 32.2. The summed E-state index contributed by atoms with van der Waals surface area (Å²) in [6.45, 7) is 3.42. The Hall–Kier alpha value is -2.44. The lowest BCUT2D eigenvalue weighted by atomic mass is 9.97. The number of rotatable bonds is 5. The van der Waals surface area contributed by atoms with Crippen LogP contribution in [0.3, 0.4) is 0 Å². The van der Waals surface area contributed by atoms with Crippen molar-refractivity contribution in [3.63, 3.8) is 0 Å². The quantitative estimate of drug-likeness (QED) is 0.482. The van der Waals surface area contributed by atoms with Gasteiger partial charge < -0.3 is 20.1 Å². The van der Waals surface area contributed by atoms with E-state index in [0.717, 1.165) is 32.8 Å². The van der Waals surface area contributed by atoms with Crippen molar-refractivity contribution in [2.24, 2.45) is 0 Å². The first kappa shape index (κ1) is 23.7. The highest BCUT2D eigenvalue weighted by Gasteiger charge is 2.46. The van der Waals surface area contributed by atoms with E-state index < -0.39 is 53.8 Å². The molecule has 1 aromatic heterocycles. The molecule has 0 spiro atoms. The normalized spacial score (nSPS) is 25.4. The number of hydrogen-bond acceptors (Lipinski definition) is 7. The number of halogens is 3. The van der Waals surface area contributed by atoms with Crippen molar-refractivity contribution in [1.82, 2.24) is 15.0 Å². The van der Waals surface area contributed by atoms with Gasteiger partial charge in [0.25, 0.3) is 0 Å². The van der Waals surface area contributed by atoms with Crippen LogP contribution in [0.4, 0.5) is 13.2 Å². The highest BCUT2D eigenvalue weighted by Crippen LogP contribution is 2.38. The van der Waals surface area contributed by atoms with E-state index in [2.05, 4.69) is 10.3 Å². The van der Waals surface area contributed by atoms with Gasteiger partial charge in [-0.15, -0.1) is 5.10 Å². The maximum Gasteiger partial charge on any atom is 0.194 e. The lowest BCUT2D eigenvalue weighted by Gasteiger charge is -2.41. The number of ether oxygens (including phenoxy) is 1. The van der Waals surface area contributed by atoms with Crippen LogP contribution in [-0.2, 0) is 4.74 Å². The molecule has 0 aliphatic carbocycles. The van der Waals surface area contributed by atoms with Crippen LogP contribution in [0.2, 0.25) is 0 Å². The third-order valence-corrected chi connectivity index (χ3v) is 6.82. The molecule has 4 rings (SSSR count). The van der Waals surface area contributed by atoms with Gasteiger partial charge in [0.15, 0.2) is 17.5 Å². The van der Waals surface area contributed by atoms with Crippen molar-refractivity contribution in [3.05, 3.63) is 65.1 Å². The number of nitrogens with zero attached hydrogens (tertiary/aromatic N) is 3. The summed E-state index contributed by atoms with van der Waals surface area (Å²) in [5, 5.41) is 39.2. The van der Waals surface area contributed by atoms with Crippen molar-refractivity contribution >= 4 is 11.8 Å². The standard InChI is InChI=1S/C22H22F3N3O4S/c1-10-3-4-13(5-11(10)2)33-22-21(31)19(20(30)17(9-29)32-22)28-8-16(26-27-28)12-6-14(23)18(25)15(24)7-12/h3-8,17,19-22,29-31H,9H2,1-2H3/t17?,19?,20-,21?,22+/m0/s1. The number of aliphatic hydroxyl groups excluding tert-OH is 3. The molecule has 0 saturated carbocycles. The molecule has 1 saturated heterocycles. The second-order valence-corrected chi connectivity index (χ2v) is 9.07. The van der Waals surface area contributed by atoms with Crippen LogP contribution in [0.15, 0.2) is 41.4 Å². The Morgan fingerprint density at radius 1 is 1.03 bits per heavy atom. The predicted molar refractivity (Wildman–Crippen MR) is 114 cm³/mol. The number of benzene rings is 2. The molecule has 2 aromatic carbocycles. The van der Waals surface area contributed by atoms with Crippen molar-refractivity contribution in [2.75, 3.05) is 6.61 Å². The van der Waals surface area contributed by atoms with Crippen LogP contribution < -0.4 is 0 Å². The van der Waals surface area contributed by atoms with Crippen molar-refractivity contribution < 1.29 is 33.2 Å². The van der Waals surface area contributed by atoms with Gasteiger partial charge in [-0.3, -0.25) is 0 Å². The van der Waals surface area contributed by atoms with E-state index in [-0.39, 0.29) is 11.3 Å². The van der Waals surface area contributed by atoms with Gasteiger partial charge in [0.2, 0.25) is 0 Å². The van der Waals surface area contributed by atoms with Gasteiger partial charge in [-0.25, -0.2) is 17.9 Å². The maximum atomic E-state index is 13.6. The van der Waals surface area contributed by atoms with Crippen molar-refractivity contribution in [1.29, 1.82) is 0 Å². The summed E-state index contributed by atoms with van der Waals surface area (Å²) < 4.78 is 47.4. The zero-order valence-corrected chi connectivity index (χ0v) is 18.5. The summed E-state index contributed by atoms with van der Waals surface area (Å²) in [5.74, 6) is -4.36. The van der Waals surface area contributed by atoms with Gasteiger partial charge in [-0.1, -0.05) is 23.0 Å². The van der Waals surface area contributed by atoms with Gasteiger partial charge >= 0.3 is 0 Å². The van der Waals surface area contributed by atoms with Gasteiger partial charge in [-0.2, -0.15) is 0 Å². The van der Waals surface area contributed by atoms with Crippen molar-refractivity contribution in [2.45, 2.75) is 48.5 Å². The van der Waals surface area contributed by atoms with Gasteiger partial charge in [0.05, 0.1) is 12.8 Å². The molecular formula is C22H22F3N3O4S. The largest absolute Gasteiger partial charge is 0.394 e. The first-order chi connectivity index (χ1) is 15.7. The summed E-state index contributed by atoms with van der Waals surface area (Å²) in [4.78, 5) is 0.825. The molecule has 0 amide bonds. The van der Waals surface area contributed by atoms with Crippen LogP contribution >= 0.6 is 11.8 Å². The number of aryl methyl sites for hydroxylation is 2. The smallest absolute Gasteiger partial charge is 0.194 e. The van der Waals surface area contributed by atoms with Crippen LogP contribution in [0.1, 0.15) is 17.2 Å². The van der Waals surface area contributed by atoms with E-state index in [4.69, 9.17) is 4.74 Å². The molecule has 5 atom stereocenters. The Morgan fingerprint density at radius 3 is 2.36 bits per heavy atom. The Bertz CT molecular complexity index is 1140. The fraction of sp³-hybridized carbons (Fsp3) is 0.364. The zero-order chi connectivity index (χ0) is 23.9. The van der Waals surface area contributed by atoms with Crippen LogP contribution in [0, 0.1) is 31.3 Å². The highest BCUT2D eigenvalue weighted by molar-refractivity contribution is 7.99. The van der Waals surface area contributed by atoms with Gasteiger partial charge in [0, 0.05) is 10.5 Å². The summed E-state index contributed by atoms with van der Waals surface area (Å²) in [6, 6.07) is 6.23. The number of aliphatic hydroxyl groups is 3. The SMILES string of the molecule is Cc1ccc(S[C@H]2OC(CO)[C@H](O)C(n3cc(-c4cc(F)c(F)c(F)c4)nn3)C2O)cc1C. The maximum absolute atomic E-state index is 13.6. The lowest BCUT2D eigenvalue weighted by molar-refractivity contribution is -0.178. The molecule has 0 radical (unpaired) electrons. The van der Waals surface area contributed by atoms with Gasteiger partial charge in [-0.05, 0) is 49.2 Å². The Kier molecular flexibility index (Phi) is 6.78. The molecular weight excluding hydrogens is 459 g/mol. The third-order valence-electron chi connectivity index (χ3n) is 5.67. The molecule has 1 aliphatic rings. The summed E-state index contributed by atoms with van der Waals surface area (Å²) in [5.41, 5.74) is 1.26. The van der Waals surface area contributed by atoms with Crippen LogP contribution in [0.25, 0.3) is 11.3 Å². The molecule has 2 heterocycles. The van der Waals surface area contributed by atoms with E-state index in [1.807, 2.05) is 32.0 Å². The van der Waals surface area contributed by atoms with E-state index in [1.165, 1.54) is 18.0 Å². The van der Waals surface area contributed by atoms with E-state index in [9.17, 15) is 28.5 Å². The Morgan fingerprint density at radius 2 is 1.73 bits per heavy atom. The average molecular weight is 481 g/mol. The van der Waals surface area contributed by atoms with Gasteiger partial charge in [0.1, 0.15) is 35.5 Å². The first-order valence-electron chi connectivity index (χ1n) is 10.1. The van der Waals surface area contributed by atoms with E-state index in [1.54, 1.807) is 0 Å². The molecule has 3 N–H and O–H groups in total. The number of thioether (sulfide) groups is 1. The fourth-order valence-corrected chi connectivity index (χ4v) is 4.82. The average Bonchev–Trinajstić information content (AvgIpc) is 3.26. The predicted octanol–water partition coefficient (Wildman–Crippen LogP) is 2.75. The second-order valence-electron chi connectivity index (χ2n) is 7.90.